The monoisotopic (exact) mass is 239 g/mol. The summed E-state index contributed by atoms with van der Waals surface area (Å²) in [5.74, 6) is 0.0123. The number of nitrogens with two attached hydrogens (primary N) is 1. The molecule has 0 bridgehead atoms. The molecule has 17 heavy (non-hydrogen) atoms. The number of halogens is 1. The second-order valence-corrected chi connectivity index (χ2v) is 5.48. The Kier molecular flexibility index (Phi) is 4.52. The van der Waals surface area contributed by atoms with E-state index in [1.54, 1.807) is 6.07 Å². The van der Waals surface area contributed by atoms with Gasteiger partial charge in [-0.15, -0.1) is 0 Å². The Hall–Kier alpha value is -1.09. The van der Waals surface area contributed by atoms with Crippen LogP contribution < -0.4 is 10.5 Å². The lowest BCUT2D eigenvalue weighted by Crippen LogP contribution is -2.25. The molecule has 2 N–H and O–H groups in total. The fourth-order valence-electron chi connectivity index (χ4n) is 1.63. The Balaban J connectivity index is 2.82. The van der Waals surface area contributed by atoms with Crippen molar-refractivity contribution in [2.24, 2.45) is 11.1 Å². The SMILES string of the molecule is CC(C)Oc1ccc(CC(C)(C)CN)cc1F. The van der Waals surface area contributed by atoms with Crippen LogP contribution in [0.4, 0.5) is 4.39 Å². The smallest absolute Gasteiger partial charge is 0.165 e. The van der Waals surface area contributed by atoms with Crippen LogP contribution in [-0.4, -0.2) is 12.6 Å². The van der Waals surface area contributed by atoms with Gasteiger partial charge >= 0.3 is 0 Å². The molecule has 1 rings (SSSR count). The van der Waals surface area contributed by atoms with Crippen molar-refractivity contribution < 1.29 is 9.13 Å². The number of hydrogen-bond donors (Lipinski definition) is 1. The Labute approximate surface area is 103 Å². The molecule has 0 heterocycles. The molecule has 0 unspecified atom stereocenters. The first-order chi connectivity index (χ1) is 7.84. The van der Waals surface area contributed by atoms with Gasteiger partial charge in [0.25, 0.3) is 0 Å². The summed E-state index contributed by atoms with van der Waals surface area (Å²) in [6.45, 7) is 8.49. The van der Waals surface area contributed by atoms with E-state index in [1.165, 1.54) is 6.07 Å². The summed E-state index contributed by atoms with van der Waals surface area (Å²) in [5, 5.41) is 0. The molecule has 0 fully saturated rings. The van der Waals surface area contributed by atoms with Crippen molar-refractivity contribution in [2.75, 3.05) is 6.54 Å². The molecule has 0 amide bonds. The molecule has 3 heteroatoms. The van der Waals surface area contributed by atoms with Gasteiger partial charge in [-0.2, -0.15) is 0 Å². The van der Waals surface area contributed by atoms with Gasteiger partial charge in [-0.05, 0) is 49.9 Å². The van der Waals surface area contributed by atoms with Crippen molar-refractivity contribution in [3.63, 3.8) is 0 Å². The third-order valence-electron chi connectivity index (χ3n) is 2.59. The highest BCUT2D eigenvalue weighted by molar-refractivity contribution is 5.30. The molecule has 0 aromatic heterocycles. The molecule has 96 valence electrons. The number of benzene rings is 1. The highest BCUT2D eigenvalue weighted by Gasteiger charge is 2.17. The summed E-state index contributed by atoms with van der Waals surface area (Å²) >= 11 is 0. The van der Waals surface area contributed by atoms with Crippen molar-refractivity contribution in [3.8, 4) is 5.75 Å². The molecule has 0 aliphatic rings. The average molecular weight is 239 g/mol. The van der Waals surface area contributed by atoms with Crippen LogP contribution in [-0.2, 0) is 6.42 Å². The van der Waals surface area contributed by atoms with Gasteiger partial charge < -0.3 is 10.5 Å². The number of rotatable bonds is 5. The minimum Gasteiger partial charge on any atom is -0.488 e. The summed E-state index contributed by atoms with van der Waals surface area (Å²) in [6.07, 6.45) is 0.749. The topological polar surface area (TPSA) is 35.2 Å². The van der Waals surface area contributed by atoms with Gasteiger partial charge in [0.1, 0.15) is 0 Å². The van der Waals surface area contributed by atoms with Crippen LogP contribution in [0.5, 0.6) is 5.75 Å². The molecule has 0 saturated heterocycles. The minimum absolute atomic E-state index is 0.00708. The fourth-order valence-corrected chi connectivity index (χ4v) is 1.63. The van der Waals surface area contributed by atoms with Crippen LogP contribution in [0.15, 0.2) is 18.2 Å². The van der Waals surface area contributed by atoms with Crippen molar-refractivity contribution in [3.05, 3.63) is 29.6 Å². The maximum absolute atomic E-state index is 13.7. The van der Waals surface area contributed by atoms with Gasteiger partial charge in [0.15, 0.2) is 11.6 Å². The summed E-state index contributed by atoms with van der Waals surface area (Å²) in [6, 6.07) is 5.13. The molecule has 0 aliphatic carbocycles. The summed E-state index contributed by atoms with van der Waals surface area (Å²) in [7, 11) is 0. The summed E-state index contributed by atoms with van der Waals surface area (Å²) in [5.41, 5.74) is 6.62. The normalized spacial score (nSPS) is 11.9. The molecular formula is C14H22FNO. The Morgan fingerprint density at radius 1 is 1.35 bits per heavy atom. The number of ether oxygens (including phenoxy) is 1. The second-order valence-electron chi connectivity index (χ2n) is 5.48. The van der Waals surface area contributed by atoms with Gasteiger partial charge in [0, 0.05) is 0 Å². The largest absolute Gasteiger partial charge is 0.488 e. The quantitative estimate of drug-likeness (QED) is 0.856. The maximum atomic E-state index is 13.7. The van der Waals surface area contributed by atoms with Gasteiger partial charge in [-0.25, -0.2) is 4.39 Å². The molecule has 1 aromatic carbocycles. The lowest BCUT2D eigenvalue weighted by Gasteiger charge is -2.22. The van der Waals surface area contributed by atoms with Gasteiger partial charge in [-0.1, -0.05) is 19.9 Å². The van der Waals surface area contributed by atoms with E-state index >= 15 is 0 Å². The van der Waals surface area contributed by atoms with Crippen LogP contribution in [0.1, 0.15) is 33.3 Å². The van der Waals surface area contributed by atoms with E-state index in [1.807, 2.05) is 19.9 Å². The third-order valence-corrected chi connectivity index (χ3v) is 2.59. The molecule has 0 radical (unpaired) electrons. The molecule has 0 aliphatic heterocycles. The van der Waals surface area contributed by atoms with E-state index in [2.05, 4.69) is 13.8 Å². The van der Waals surface area contributed by atoms with E-state index in [9.17, 15) is 4.39 Å². The zero-order chi connectivity index (χ0) is 13.1. The molecule has 0 atom stereocenters. The third kappa shape index (κ3) is 4.35. The Morgan fingerprint density at radius 2 is 2.00 bits per heavy atom. The van der Waals surface area contributed by atoms with Crippen LogP contribution >= 0.6 is 0 Å². The van der Waals surface area contributed by atoms with Crippen LogP contribution in [0.2, 0.25) is 0 Å². The van der Waals surface area contributed by atoms with Crippen LogP contribution in [0, 0.1) is 11.2 Å². The number of hydrogen-bond acceptors (Lipinski definition) is 2. The first kappa shape index (κ1) is 14.0. The van der Waals surface area contributed by atoms with E-state index in [-0.39, 0.29) is 17.3 Å². The van der Waals surface area contributed by atoms with E-state index in [0.29, 0.717) is 12.3 Å². The first-order valence-corrected chi connectivity index (χ1v) is 5.99. The second kappa shape index (κ2) is 5.50. The van der Waals surface area contributed by atoms with E-state index < -0.39 is 0 Å². The minimum atomic E-state index is -0.302. The lowest BCUT2D eigenvalue weighted by atomic mass is 9.86. The van der Waals surface area contributed by atoms with Gasteiger partial charge in [0.05, 0.1) is 6.10 Å². The molecule has 0 spiro atoms. The van der Waals surface area contributed by atoms with Crippen LogP contribution in [0.25, 0.3) is 0 Å². The predicted octanol–water partition coefficient (Wildman–Crippen LogP) is 3.14. The van der Waals surface area contributed by atoms with Gasteiger partial charge in [-0.3, -0.25) is 0 Å². The lowest BCUT2D eigenvalue weighted by molar-refractivity contribution is 0.231. The van der Waals surface area contributed by atoms with Gasteiger partial charge in [0.2, 0.25) is 0 Å². The molecule has 2 nitrogen and oxygen atoms in total. The van der Waals surface area contributed by atoms with Crippen molar-refractivity contribution in [1.29, 1.82) is 0 Å². The van der Waals surface area contributed by atoms with Crippen molar-refractivity contribution in [1.82, 2.24) is 0 Å². The van der Waals surface area contributed by atoms with E-state index in [0.717, 1.165) is 12.0 Å². The van der Waals surface area contributed by atoms with Crippen molar-refractivity contribution in [2.45, 2.75) is 40.2 Å². The summed E-state index contributed by atoms with van der Waals surface area (Å²) < 4.78 is 19.1. The molecular weight excluding hydrogens is 217 g/mol. The maximum Gasteiger partial charge on any atom is 0.165 e. The highest BCUT2D eigenvalue weighted by atomic mass is 19.1. The average Bonchev–Trinajstić information content (AvgIpc) is 2.21. The summed E-state index contributed by atoms with van der Waals surface area (Å²) in [4.78, 5) is 0. The zero-order valence-corrected chi connectivity index (χ0v) is 11.1. The Bertz CT molecular complexity index is 374. The fraction of sp³-hybridized carbons (Fsp3) is 0.571. The molecule has 1 aromatic rings. The van der Waals surface area contributed by atoms with Crippen molar-refractivity contribution >= 4 is 0 Å². The van der Waals surface area contributed by atoms with E-state index in [4.69, 9.17) is 10.5 Å². The Morgan fingerprint density at radius 3 is 2.47 bits per heavy atom. The standard InChI is InChI=1S/C14H22FNO/c1-10(2)17-13-6-5-11(7-12(13)15)8-14(3,4)9-16/h5-7,10H,8-9,16H2,1-4H3. The van der Waals surface area contributed by atoms with Crippen LogP contribution in [0.3, 0.4) is 0 Å². The zero-order valence-electron chi connectivity index (χ0n) is 11.1. The predicted molar refractivity (Wildman–Crippen MR) is 68.7 cm³/mol. The highest BCUT2D eigenvalue weighted by Crippen LogP contribution is 2.25. The molecule has 0 saturated carbocycles. The first-order valence-electron chi connectivity index (χ1n) is 5.99.